The van der Waals surface area contributed by atoms with E-state index in [1.54, 1.807) is 0 Å². The van der Waals surface area contributed by atoms with Gasteiger partial charge in [-0.25, -0.2) is 0 Å². The van der Waals surface area contributed by atoms with Gasteiger partial charge in [-0.15, -0.1) is 0 Å². The van der Waals surface area contributed by atoms with Gasteiger partial charge in [0.1, 0.15) is 12.8 Å². The van der Waals surface area contributed by atoms with Crippen molar-refractivity contribution in [2.45, 2.75) is 0 Å². The first-order chi connectivity index (χ1) is 6.65. The molecule has 0 saturated carbocycles. The molecule has 0 aromatic carbocycles. The van der Waals surface area contributed by atoms with Gasteiger partial charge in [0.15, 0.2) is 5.69 Å². The molecule has 1 rings (SSSR count). The normalized spacial score (nSPS) is 9.57. The summed E-state index contributed by atoms with van der Waals surface area (Å²) in [5.74, 6) is -0.867. The Balaban J connectivity index is 2.58. The SMILES string of the molecule is COC(=O)CN(C)C(=O)c1ccon1. The maximum atomic E-state index is 11.5. The fraction of sp³-hybridized carbons (Fsp3) is 0.375. The average Bonchev–Trinajstić information content (AvgIpc) is 2.69. The largest absolute Gasteiger partial charge is 0.468 e. The van der Waals surface area contributed by atoms with Crippen molar-refractivity contribution < 1.29 is 18.8 Å². The molecule has 0 aliphatic rings. The van der Waals surface area contributed by atoms with Gasteiger partial charge in [0.05, 0.1) is 7.11 Å². The molecule has 0 atom stereocenters. The molecule has 0 N–H and O–H groups in total. The number of aromatic nitrogens is 1. The van der Waals surface area contributed by atoms with Crippen LogP contribution < -0.4 is 0 Å². The van der Waals surface area contributed by atoms with E-state index in [0.29, 0.717) is 0 Å². The first kappa shape index (κ1) is 10.2. The van der Waals surface area contributed by atoms with E-state index in [4.69, 9.17) is 0 Å². The van der Waals surface area contributed by atoms with E-state index >= 15 is 0 Å². The van der Waals surface area contributed by atoms with Crippen molar-refractivity contribution in [2.75, 3.05) is 20.7 Å². The van der Waals surface area contributed by atoms with Crippen molar-refractivity contribution >= 4 is 11.9 Å². The van der Waals surface area contributed by atoms with Crippen LogP contribution in [-0.2, 0) is 9.53 Å². The molecule has 14 heavy (non-hydrogen) atoms. The van der Waals surface area contributed by atoms with E-state index in [2.05, 4.69) is 14.4 Å². The molecular formula is C8H10N2O4. The number of ether oxygens (including phenoxy) is 1. The Kier molecular flexibility index (Phi) is 3.22. The molecule has 0 unspecified atom stereocenters. The second-order valence-electron chi connectivity index (χ2n) is 2.62. The van der Waals surface area contributed by atoms with Gasteiger partial charge in [-0.1, -0.05) is 5.16 Å². The van der Waals surface area contributed by atoms with E-state index in [9.17, 15) is 9.59 Å². The van der Waals surface area contributed by atoms with E-state index < -0.39 is 5.97 Å². The fourth-order valence-electron chi connectivity index (χ4n) is 0.848. The minimum atomic E-state index is -0.482. The molecule has 0 radical (unpaired) electrons. The van der Waals surface area contributed by atoms with Gasteiger partial charge < -0.3 is 14.2 Å². The Morgan fingerprint density at radius 2 is 2.36 bits per heavy atom. The highest BCUT2D eigenvalue weighted by molar-refractivity contribution is 5.93. The van der Waals surface area contributed by atoms with Crippen molar-refractivity contribution in [3.05, 3.63) is 18.0 Å². The standard InChI is InChI=1S/C8H10N2O4/c1-10(5-7(11)13-2)8(12)6-3-4-14-9-6/h3-4H,5H2,1-2H3. The number of hydrogen-bond acceptors (Lipinski definition) is 5. The van der Waals surface area contributed by atoms with Crippen LogP contribution in [0.1, 0.15) is 10.5 Å². The quantitative estimate of drug-likeness (QED) is 0.635. The monoisotopic (exact) mass is 198 g/mol. The van der Waals surface area contributed by atoms with Crippen LogP contribution in [0.15, 0.2) is 16.9 Å². The predicted molar refractivity (Wildman–Crippen MR) is 45.5 cm³/mol. The van der Waals surface area contributed by atoms with Crippen LogP contribution in [0.3, 0.4) is 0 Å². The fourth-order valence-corrected chi connectivity index (χ4v) is 0.848. The molecule has 0 aliphatic heterocycles. The van der Waals surface area contributed by atoms with Crippen LogP contribution in [0.25, 0.3) is 0 Å². The lowest BCUT2D eigenvalue weighted by Crippen LogP contribution is -2.32. The van der Waals surface area contributed by atoms with Crippen LogP contribution in [-0.4, -0.2) is 42.6 Å². The first-order valence-electron chi connectivity index (χ1n) is 3.88. The molecule has 0 spiro atoms. The molecule has 1 aromatic rings. The minimum absolute atomic E-state index is 0.109. The number of rotatable bonds is 3. The number of esters is 1. The van der Waals surface area contributed by atoms with Gasteiger partial charge in [-0.2, -0.15) is 0 Å². The van der Waals surface area contributed by atoms with Crippen molar-refractivity contribution in [1.29, 1.82) is 0 Å². The third kappa shape index (κ3) is 2.32. The summed E-state index contributed by atoms with van der Waals surface area (Å²) in [5, 5.41) is 3.45. The number of amides is 1. The highest BCUT2D eigenvalue weighted by Gasteiger charge is 2.17. The summed E-state index contributed by atoms with van der Waals surface area (Å²) in [6.45, 7) is -0.109. The van der Waals surface area contributed by atoms with E-state index in [1.165, 1.54) is 31.4 Å². The van der Waals surface area contributed by atoms with E-state index in [0.717, 1.165) is 0 Å². The molecular weight excluding hydrogens is 188 g/mol. The Labute approximate surface area is 80.4 Å². The van der Waals surface area contributed by atoms with Crippen molar-refractivity contribution in [1.82, 2.24) is 10.1 Å². The van der Waals surface area contributed by atoms with E-state index in [-0.39, 0.29) is 18.1 Å². The van der Waals surface area contributed by atoms with Gasteiger partial charge in [0, 0.05) is 13.1 Å². The summed E-state index contributed by atoms with van der Waals surface area (Å²) in [5.41, 5.74) is 0.163. The smallest absolute Gasteiger partial charge is 0.325 e. The summed E-state index contributed by atoms with van der Waals surface area (Å²) >= 11 is 0. The molecule has 6 nitrogen and oxygen atoms in total. The minimum Gasteiger partial charge on any atom is -0.468 e. The number of likely N-dealkylation sites (N-methyl/N-ethyl adjacent to an activating group) is 1. The van der Waals surface area contributed by atoms with Gasteiger partial charge >= 0.3 is 5.97 Å². The summed E-state index contributed by atoms with van der Waals surface area (Å²) in [6, 6.07) is 1.43. The van der Waals surface area contributed by atoms with Crippen LogP contribution in [0.5, 0.6) is 0 Å². The van der Waals surface area contributed by atoms with Gasteiger partial charge in [0.2, 0.25) is 0 Å². The lowest BCUT2D eigenvalue weighted by atomic mass is 10.4. The molecule has 6 heteroatoms. The van der Waals surface area contributed by atoms with Crippen molar-refractivity contribution in [3.8, 4) is 0 Å². The molecule has 1 aromatic heterocycles. The van der Waals surface area contributed by atoms with Gasteiger partial charge in [-0.3, -0.25) is 9.59 Å². The third-order valence-corrected chi connectivity index (χ3v) is 1.60. The summed E-state index contributed by atoms with van der Waals surface area (Å²) < 4.78 is 8.92. The molecule has 1 amide bonds. The van der Waals surface area contributed by atoms with Gasteiger partial charge in [-0.05, 0) is 0 Å². The maximum Gasteiger partial charge on any atom is 0.325 e. The predicted octanol–water partition coefficient (Wildman–Crippen LogP) is -0.0804. The second kappa shape index (κ2) is 4.40. The number of nitrogens with zero attached hydrogens (tertiary/aromatic N) is 2. The Morgan fingerprint density at radius 3 is 2.86 bits per heavy atom. The molecule has 76 valence electrons. The second-order valence-corrected chi connectivity index (χ2v) is 2.62. The Bertz CT molecular complexity index is 320. The first-order valence-corrected chi connectivity index (χ1v) is 3.88. The zero-order valence-corrected chi connectivity index (χ0v) is 7.89. The average molecular weight is 198 g/mol. The van der Waals surface area contributed by atoms with Crippen molar-refractivity contribution in [3.63, 3.8) is 0 Å². The Hall–Kier alpha value is -1.85. The summed E-state index contributed by atoms with van der Waals surface area (Å²) in [4.78, 5) is 23.5. The van der Waals surface area contributed by atoms with Crippen LogP contribution in [0.2, 0.25) is 0 Å². The topological polar surface area (TPSA) is 72.6 Å². The maximum absolute atomic E-state index is 11.5. The zero-order chi connectivity index (χ0) is 10.6. The number of carbonyl (C=O) groups excluding carboxylic acids is 2. The van der Waals surface area contributed by atoms with E-state index in [1.807, 2.05) is 0 Å². The number of hydrogen-bond donors (Lipinski definition) is 0. The molecule has 0 aliphatic carbocycles. The highest BCUT2D eigenvalue weighted by Crippen LogP contribution is 1.99. The summed E-state index contributed by atoms with van der Waals surface area (Å²) in [6.07, 6.45) is 1.29. The lowest BCUT2D eigenvalue weighted by Gasteiger charge is -2.13. The van der Waals surface area contributed by atoms with Crippen molar-refractivity contribution in [2.24, 2.45) is 0 Å². The number of carbonyl (C=O) groups is 2. The summed E-state index contributed by atoms with van der Waals surface area (Å²) in [7, 11) is 2.74. The zero-order valence-electron chi connectivity index (χ0n) is 7.89. The molecule has 1 heterocycles. The Morgan fingerprint density at radius 1 is 1.64 bits per heavy atom. The van der Waals surface area contributed by atoms with Crippen LogP contribution in [0, 0.1) is 0 Å². The van der Waals surface area contributed by atoms with Crippen LogP contribution >= 0.6 is 0 Å². The lowest BCUT2D eigenvalue weighted by molar-refractivity contribution is -0.141. The highest BCUT2D eigenvalue weighted by atomic mass is 16.5. The molecule has 0 fully saturated rings. The number of methoxy groups -OCH3 is 1. The van der Waals surface area contributed by atoms with Gasteiger partial charge in [0.25, 0.3) is 5.91 Å². The molecule has 0 bridgehead atoms. The molecule has 0 saturated heterocycles. The van der Waals surface area contributed by atoms with Crippen LogP contribution in [0.4, 0.5) is 0 Å². The third-order valence-electron chi connectivity index (χ3n) is 1.60.